The zero-order valence-electron chi connectivity index (χ0n) is 11.4. The first-order chi connectivity index (χ1) is 9.42. The van der Waals surface area contributed by atoms with Crippen LogP contribution in [0.25, 0.3) is 0 Å². The molecule has 0 aliphatic heterocycles. The van der Waals surface area contributed by atoms with E-state index < -0.39 is 10.0 Å². The maximum atomic E-state index is 12.3. The maximum Gasteiger partial charge on any atom is 0.268 e. The number of nitrogen functional groups attached to an aromatic ring is 1. The third kappa shape index (κ3) is 3.08. The Kier molecular flexibility index (Phi) is 3.93. The number of anilines is 2. The topological polar surface area (TPSA) is 103 Å². The summed E-state index contributed by atoms with van der Waals surface area (Å²) in [6.07, 6.45) is 3.81. The Morgan fingerprint density at radius 3 is 2.85 bits per heavy atom. The molecule has 2 rings (SSSR count). The molecule has 2 heterocycles. The van der Waals surface area contributed by atoms with Gasteiger partial charge in [-0.1, -0.05) is 6.92 Å². The van der Waals surface area contributed by atoms with Crippen molar-refractivity contribution in [3.63, 3.8) is 0 Å². The molecule has 2 aromatic heterocycles. The van der Waals surface area contributed by atoms with E-state index in [-0.39, 0.29) is 16.5 Å². The predicted molar refractivity (Wildman–Crippen MR) is 76.7 cm³/mol. The first-order valence-corrected chi connectivity index (χ1v) is 7.69. The fraction of sp³-hybridized carbons (Fsp3) is 0.333. The predicted octanol–water partition coefficient (Wildman–Crippen LogP) is 1.38. The lowest BCUT2D eigenvalue weighted by atomic mass is 10.3. The number of aryl methyl sites for hydroxylation is 2. The van der Waals surface area contributed by atoms with Crippen LogP contribution >= 0.6 is 0 Å². The van der Waals surface area contributed by atoms with Gasteiger partial charge < -0.3 is 5.73 Å². The molecule has 0 spiro atoms. The number of hydrogen-bond acceptors (Lipinski definition) is 5. The number of nitrogens with one attached hydrogen (secondary N) is 1. The Balaban J connectivity index is 2.30. The SMILES string of the molecule is CCCn1cc(S(=O)(=O)Nc2cc(C)ccn2)c(N)n1. The molecule has 2 aromatic rings. The molecule has 0 radical (unpaired) electrons. The normalized spacial score (nSPS) is 11.5. The molecule has 0 aliphatic carbocycles. The van der Waals surface area contributed by atoms with Crippen LogP contribution < -0.4 is 10.5 Å². The molecule has 20 heavy (non-hydrogen) atoms. The third-order valence-electron chi connectivity index (χ3n) is 2.65. The molecule has 0 saturated carbocycles. The molecule has 0 saturated heterocycles. The fourth-order valence-electron chi connectivity index (χ4n) is 1.75. The number of nitrogens with two attached hydrogens (primary N) is 1. The summed E-state index contributed by atoms with van der Waals surface area (Å²) in [5.74, 6) is 0.242. The van der Waals surface area contributed by atoms with E-state index in [1.165, 1.54) is 17.1 Å². The second-order valence-electron chi connectivity index (χ2n) is 4.47. The van der Waals surface area contributed by atoms with E-state index in [0.29, 0.717) is 6.54 Å². The van der Waals surface area contributed by atoms with E-state index in [1.807, 2.05) is 13.8 Å². The van der Waals surface area contributed by atoms with Crippen molar-refractivity contribution in [3.8, 4) is 0 Å². The molecule has 7 nitrogen and oxygen atoms in total. The van der Waals surface area contributed by atoms with Gasteiger partial charge in [0.15, 0.2) is 5.82 Å². The molecule has 3 N–H and O–H groups in total. The van der Waals surface area contributed by atoms with Crippen LogP contribution in [0.3, 0.4) is 0 Å². The number of aromatic nitrogens is 3. The van der Waals surface area contributed by atoms with Crippen molar-refractivity contribution in [2.75, 3.05) is 10.5 Å². The highest BCUT2D eigenvalue weighted by Gasteiger charge is 2.21. The average molecular weight is 295 g/mol. The van der Waals surface area contributed by atoms with Crippen molar-refractivity contribution in [1.82, 2.24) is 14.8 Å². The van der Waals surface area contributed by atoms with Crippen molar-refractivity contribution in [3.05, 3.63) is 30.1 Å². The molecule has 0 unspecified atom stereocenters. The number of nitrogens with zero attached hydrogens (tertiary/aromatic N) is 3. The minimum absolute atomic E-state index is 0.0152. The Hall–Kier alpha value is -2.09. The third-order valence-corrected chi connectivity index (χ3v) is 4.02. The van der Waals surface area contributed by atoms with E-state index >= 15 is 0 Å². The first kappa shape index (κ1) is 14.3. The van der Waals surface area contributed by atoms with Crippen LogP contribution in [0.15, 0.2) is 29.4 Å². The van der Waals surface area contributed by atoms with Crippen LogP contribution in [0.5, 0.6) is 0 Å². The monoisotopic (exact) mass is 295 g/mol. The maximum absolute atomic E-state index is 12.3. The van der Waals surface area contributed by atoms with Crippen LogP contribution in [0.2, 0.25) is 0 Å². The summed E-state index contributed by atoms with van der Waals surface area (Å²) in [5, 5.41) is 3.98. The van der Waals surface area contributed by atoms with E-state index in [2.05, 4.69) is 14.8 Å². The summed E-state index contributed by atoms with van der Waals surface area (Å²) in [6.45, 7) is 4.44. The molecule has 8 heteroatoms. The van der Waals surface area contributed by atoms with Gasteiger partial charge in [0.1, 0.15) is 10.7 Å². The van der Waals surface area contributed by atoms with Gasteiger partial charge in [-0.25, -0.2) is 13.4 Å². The largest absolute Gasteiger partial charge is 0.381 e. The Bertz CT molecular complexity index is 708. The van der Waals surface area contributed by atoms with E-state index in [9.17, 15) is 8.42 Å². The zero-order valence-corrected chi connectivity index (χ0v) is 12.2. The smallest absolute Gasteiger partial charge is 0.268 e. The van der Waals surface area contributed by atoms with E-state index in [4.69, 9.17) is 5.73 Å². The number of hydrogen-bond donors (Lipinski definition) is 2. The van der Waals surface area contributed by atoms with Crippen molar-refractivity contribution < 1.29 is 8.42 Å². The molecular formula is C12H17N5O2S. The molecule has 0 bridgehead atoms. The van der Waals surface area contributed by atoms with Crippen molar-refractivity contribution in [1.29, 1.82) is 0 Å². The van der Waals surface area contributed by atoms with Crippen LogP contribution in [-0.2, 0) is 16.6 Å². The van der Waals surface area contributed by atoms with Gasteiger partial charge in [-0.15, -0.1) is 0 Å². The molecule has 0 atom stereocenters. The lowest BCUT2D eigenvalue weighted by molar-refractivity contribution is 0.595. The Morgan fingerprint density at radius 2 is 2.20 bits per heavy atom. The fourth-order valence-corrected chi connectivity index (χ4v) is 2.83. The molecule has 0 aliphatic rings. The molecule has 108 valence electrons. The highest BCUT2D eigenvalue weighted by Crippen LogP contribution is 2.19. The zero-order chi connectivity index (χ0) is 14.8. The van der Waals surface area contributed by atoms with Crippen molar-refractivity contribution in [2.45, 2.75) is 31.7 Å². The summed E-state index contributed by atoms with van der Waals surface area (Å²) in [6, 6.07) is 3.43. The summed E-state index contributed by atoms with van der Waals surface area (Å²) < 4.78 is 28.5. The van der Waals surface area contributed by atoms with Gasteiger partial charge in [0.2, 0.25) is 0 Å². The summed E-state index contributed by atoms with van der Waals surface area (Å²) >= 11 is 0. The van der Waals surface area contributed by atoms with Gasteiger partial charge in [-0.2, -0.15) is 5.10 Å². The molecular weight excluding hydrogens is 278 g/mol. The van der Waals surface area contributed by atoms with Crippen LogP contribution in [0.4, 0.5) is 11.6 Å². The molecule has 0 fully saturated rings. The van der Waals surface area contributed by atoms with E-state index in [0.717, 1.165) is 12.0 Å². The number of sulfonamides is 1. The van der Waals surface area contributed by atoms with Crippen LogP contribution in [0, 0.1) is 6.92 Å². The summed E-state index contributed by atoms with van der Waals surface area (Å²) in [4.78, 5) is 3.93. The number of rotatable bonds is 5. The van der Waals surface area contributed by atoms with Gasteiger partial charge in [-0.3, -0.25) is 9.40 Å². The summed E-state index contributed by atoms with van der Waals surface area (Å²) in [7, 11) is -3.78. The second-order valence-corrected chi connectivity index (χ2v) is 6.12. The minimum Gasteiger partial charge on any atom is -0.381 e. The van der Waals surface area contributed by atoms with Gasteiger partial charge in [0.25, 0.3) is 10.0 Å². The Morgan fingerprint density at radius 1 is 1.45 bits per heavy atom. The van der Waals surface area contributed by atoms with Gasteiger partial charge >= 0.3 is 0 Å². The minimum atomic E-state index is -3.78. The van der Waals surface area contributed by atoms with E-state index in [1.54, 1.807) is 12.1 Å². The lowest BCUT2D eigenvalue weighted by Gasteiger charge is -2.06. The van der Waals surface area contributed by atoms with Gasteiger partial charge in [-0.05, 0) is 31.0 Å². The van der Waals surface area contributed by atoms with Gasteiger partial charge in [0, 0.05) is 18.9 Å². The van der Waals surface area contributed by atoms with Crippen molar-refractivity contribution in [2.24, 2.45) is 0 Å². The highest BCUT2D eigenvalue weighted by molar-refractivity contribution is 7.92. The van der Waals surface area contributed by atoms with Crippen LogP contribution in [-0.4, -0.2) is 23.2 Å². The standard InChI is InChI=1S/C12H17N5O2S/c1-3-6-17-8-10(12(13)15-17)20(18,19)16-11-7-9(2)4-5-14-11/h4-5,7-8H,3,6H2,1-2H3,(H2,13,15)(H,14,16). The summed E-state index contributed by atoms with van der Waals surface area (Å²) in [5.41, 5.74) is 6.58. The Labute approximate surface area is 117 Å². The number of pyridine rings is 1. The lowest BCUT2D eigenvalue weighted by Crippen LogP contribution is -2.14. The quantitative estimate of drug-likeness (QED) is 0.867. The molecule has 0 amide bonds. The second kappa shape index (κ2) is 5.49. The average Bonchev–Trinajstić information content (AvgIpc) is 2.71. The molecule has 0 aromatic carbocycles. The van der Waals surface area contributed by atoms with Crippen LogP contribution in [0.1, 0.15) is 18.9 Å². The first-order valence-electron chi connectivity index (χ1n) is 6.21. The van der Waals surface area contributed by atoms with Gasteiger partial charge in [0.05, 0.1) is 0 Å². The highest BCUT2D eigenvalue weighted by atomic mass is 32.2. The van der Waals surface area contributed by atoms with Crippen molar-refractivity contribution >= 4 is 21.7 Å².